The quantitative estimate of drug-likeness (QED) is 0.107. The summed E-state index contributed by atoms with van der Waals surface area (Å²) in [5, 5.41) is 18.5. The Balaban J connectivity index is 0.687. The molecule has 3 unspecified atom stereocenters. The van der Waals surface area contributed by atoms with Crippen molar-refractivity contribution in [3.05, 3.63) is 75.9 Å². The van der Waals surface area contributed by atoms with Crippen LogP contribution < -0.4 is 25.2 Å². The van der Waals surface area contributed by atoms with Gasteiger partial charge in [-0.2, -0.15) is 9.97 Å². The zero-order chi connectivity index (χ0) is 48.7. The Morgan fingerprint density at radius 1 is 0.901 bits per heavy atom. The van der Waals surface area contributed by atoms with Crippen LogP contribution in [-0.2, 0) is 16.1 Å². The highest BCUT2D eigenvalue weighted by Gasteiger charge is 2.46. The molecule has 6 aliphatic heterocycles. The molecule has 3 aromatic carbocycles. The number of fused-ring (bicyclic) bond motifs is 5. The lowest BCUT2D eigenvalue weighted by Crippen LogP contribution is -2.52. The molecule has 7 aliphatic rings. The lowest BCUT2D eigenvalue weighted by molar-refractivity contribution is -0.136. The van der Waals surface area contributed by atoms with Crippen molar-refractivity contribution in [2.75, 3.05) is 81.9 Å². The van der Waals surface area contributed by atoms with Crippen LogP contribution in [0.1, 0.15) is 72.9 Å². The van der Waals surface area contributed by atoms with Gasteiger partial charge in [-0.25, -0.2) is 8.78 Å². The number of halogens is 3. The number of nitrogens with one attached hydrogen (secondary N) is 2. The standard InChI is InChI=1S/C53H55ClF2N10O5/c1-2-35-40(55)7-3-31-21-34(67)22-37(44(31)35)47-46(56)48-38(23-57-47)49(65-25-32-4-5-33(26-65)58-32)61-52(60-48)71-29-53(13-14-53)28-63-19-17-62(18-20-63)24-30-11-15-64(16-12-30)41-8-6-36-39(45(41)54)27-66(51(36)70)42-9-10-43(68)59-50(42)69/h1,3,6-8,21-23,30,32-33,42,58,67H,4-5,9-20,24-29H2,(H,59,68,69). The Morgan fingerprint density at radius 2 is 1.66 bits per heavy atom. The molecule has 8 heterocycles. The first-order valence-electron chi connectivity index (χ1n) is 25.0. The van der Waals surface area contributed by atoms with Crippen molar-refractivity contribution >= 4 is 62.5 Å². The van der Waals surface area contributed by atoms with E-state index in [1.165, 1.54) is 24.3 Å². The molecule has 3 N–H and O–H groups in total. The summed E-state index contributed by atoms with van der Waals surface area (Å²) in [6.07, 6.45) is 14.0. The van der Waals surface area contributed by atoms with E-state index in [0.717, 1.165) is 102 Å². The summed E-state index contributed by atoms with van der Waals surface area (Å²) in [5.41, 5.74) is 2.18. The molecule has 1 saturated carbocycles. The van der Waals surface area contributed by atoms with E-state index in [1.807, 2.05) is 12.1 Å². The first-order chi connectivity index (χ1) is 34.4. The fourth-order valence-electron chi connectivity index (χ4n) is 12.1. The Morgan fingerprint density at radius 3 is 2.39 bits per heavy atom. The van der Waals surface area contributed by atoms with Crippen molar-refractivity contribution in [1.82, 2.24) is 40.3 Å². The van der Waals surface area contributed by atoms with Crippen LogP contribution in [0.2, 0.25) is 5.02 Å². The molecular formula is C53H55ClF2N10O5. The number of rotatable bonds is 11. The number of phenolic OH excluding ortho intramolecular Hbond substituents is 1. The summed E-state index contributed by atoms with van der Waals surface area (Å²) in [7, 11) is 0. The molecular weight excluding hydrogens is 930 g/mol. The summed E-state index contributed by atoms with van der Waals surface area (Å²) >= 11 is 7.01. The van der Waals surface area contributed by atoms with Crippen LogP contribution in [0.15, 0.2) is 42.6 Å². The number of pyridine rings is 1. The number of nitrogens with zero attached hydrogens (tertiary/aromatic N) is 8. The summed E-state index contributed by atoms with van der Waals surface area (Å²) in [6, 6.07) is 9.32. The lowest BCUT2D eigenvalue weighted by atomic mass is 9.95. The number of aromatic nitrogens is 3. The number of anilines is 2. The summed E-state index contributed by atoms with van der Waals surface area (Å²) in [4.78, 5) is 63.0. The number of carbonyl (C=O) groups is 3. The fourth-order valence-corrected chi connectivity index (χ4v) is 12.5. The third-order valence-electron chi connectivity index (χ3n) is 16.2. The van der Waals surface area contributed by atoms with Gasteiger partial charge in [0, 0.05) is 124 Å². The number of terminal acetylenes is 1. The second-order valence-corrected chi connectivity index (χ2v) is 21.2. The molecule has 2 aromatic heterocycles. The van der Waals surface area contributed by atoms with Gasteiger partial charge in [0.05, 0.1) is 28.3 Å². The number of aromatic hydroxyl groups is 1. The van der Waals surface area contributed by atoms with Crippen molar-refractivity contribution in [2.24, 2.45) is 11.3 Å². The van der Waals surface area contributed by atoms with E-state index >= 15 is 8.78 Å². The Bertz CT molecular complexity index is 3050. The number of ether oxygens (including phenoxy) is 1. The first kappa shape index (κ1) is 45.9. The van der Waals surface area contributed by atoms with Crippen molar-refractivity contribution < 1.29 is 33.0 Å². The van der Waals surface area contributed by atoms with Gasteiger partial charge in [-0.3, -0.25) is 24.7 Å². The molecule has 3 atom stereocenters. The number of amides is 3. The maximum absolute atomic E-state index is 17.1. The fraction of sp³-hybridized carbons (Fsp3) is 0.472. The molecule has 5 saturated heterocycles. The van der Waals surface area contributed by atoms with Crippen molar-refractivity contribution in [1.29, 1.82) is 0 Å². The number of benzene rings is 3. The molecule has 18 heteroatoms. The van der Waals surface area contributed by atoms with Crippen LogP contribution >= 0.6 is 11.6 Å². The average molecular weight is 986 g/mol. The second-order valence-electron chi connectivity index (χ2n) is 20.8. The molecule has 3 amide bonds. The van der Waals surface area contributed by atoms with Gasteiger partial charge in [0.2, 0.25) is 11.8 Å². The molecule has 15 nitrogen and oxygen atoms in total. The van der Waals surface area contributed by atoms with Gasteiger partial charge in [0.25, 0.3) is 5.91 Å². The third kappa shape index (κ3) is 8.55. The van der Waals surface area contributed by atoms with Crippen LogP contribution in [0.4, 0.5) is 20.3 Å². The molecule has 12 rings (SSSR count). The van der Waals surface area contributed by atoms with Crippen LogP contribution in [0, 0.1) is 35.3 Å². The monoisotopic (exact) mass is 984 g/mol. The van der Waals surface area contributed by atoms with Crippen LogP contribution in [0.5, 0.6) is 11.8 Å². The number of hydrogen-bond donors (Lipinski definition) is 3. The van der Waals surface area contributed by atoms with E-state index in [2.05, 4.69) is 41.1 Å². The van der Waals surface area contributed by atoms with Gasteiger partial charge >= 0.3 is 6.01 Å². The number of hydrogen-bond acceptors (Lipinski definition) is 13. The maximum atomic E-state index is 17.1. The number of imide groups is 1. The minimum Gasteiger partial charge on any atom is -0.508 e. The number of phenols is 1. The van der Waals surface area contributed by atoms with Gasteiger partial charge in [0.15, 0.2) is 5.82 Å². The molecule has 71 heavy (non-hydrogen) atoms. The van der Waals surface area contributed by atoms with E-state index in [9.17, 15) is 19.5 Å². The van der Waals surface area contributed by atoms with Gasteiger partial charge < -0.3 is 39.7 Å². The first-order valence-corrected chi connectivity index (χ1v) is 25.4. The Kier molecular flexibility index (Phi) is 11.7. The lowest BCUT2D eigenvalue weighted by Gasteiger charge is -2.40. The largest absolute Gasteiger partial charge is 0.508 e. The predicted octanol–water partition coefficient (Wildman–Crippen LogP) is 5.86. The van der Waals surface area contributed by atoms with Gasteiger partial charge in [-0.15, -0.1) is 6.42 Å². The van der Waals surface area contributed by atoms with Crippen molar-refractivity contribution in [2.45, 2.75) is 76.0 Å². The zero-order valence-electron chi connectivity index (χ0n) is 39.4. The second kappa shape index (κ2) is 18.1. The van der Waals surface area contributed by atoms with Crippen LogP contribution in [0.25, 0.3) is 32.9 Å². The molecule has 1 aliphatic carbocycles. The van der Waals surface area contributed by atoms with E-state index in [-0.39, 0.29) is 69.7 Å². The van der Waals surface area contributed by atoms with Crippen molar-refractivity contribution in [3.63, 3.8) is 0 Å². The minimum absolute atomic E-state index is 0.0347. The normalized spacial score (nSPS) is 23.7. The van der Waals surface area contributed by atoms with Gasteiger partial charge in [0.1, 0.15) is 34.6 Å². The van der Waals surface area contributed by atoms with E-state index < -0.39 is 23.6 Å². The molecule has 2 bridgehead atoms. The van der Waals surface area contributed by atoms with E-state index in [1.54, 1.807) is 11.1 Å². The highest BCUT2D eigenvalue weighted by atomic mass is 35.5. The summed E-state index contributed by atoms with van der Waals surface area (Å²) < 4.78 is 38.7. The molecule has 0 radical (unpaired) electrons. The van der Waals surface area contributed by atoms with Crippen molar-refractivity contribution in [3.8, 4) is 35.4 Å². The third-order valence-corrected chi connectivity index (χ3v) is 16.6. The SMILES string of the molecule is C#Cc1c(F)ccc2cc(O)cc(-c3ncc4c(N5CC6CCC(C5)N6)nc(OCC5(CN6CCN(CC7CCN(c8ccc9c(c8Cl)CN(C8CCC(=O)NC8=O)C9=O)CC7)CC6)CC5)nc4c3F)c12. The maximum Gasteiger partial charge on any atom is 0.319 e. The number of piperidine rings is 2. The highest BCUT2D eigenvalue weighted by Crippen LogP contribution is 2.47. The number of carbonyl (C=O) groups excluding carboxylic acids is 3. The average Bonchev–Trinajstić information content (AvgIpc) is 3.94. The topological polar surface area (TPSA) is 160 Å². The number of piperazine rings is 2. The van der Waals surface area contributed by atoms with E-state index in [0.29, 0.717) is 71.3 Å². The van der Waals surface area contributed by atoms with E-state index in [4.69, 9.17) is 32.7 Å². The van der Waals surface area contributed by atoms with Crippen LogP contribution in [-0.4, -0.2) is 143 Å². The predicted molar refractivity (Wildman–Crippen MR) is 264 cm³/mol. The Labute approximate surface area is 414 Å². The zero-order valence-corrected chi connectivity index (χ0v) is 40.1. The molecule has 368 valence electrons. The minimum atomic E-state index is -0.735. The van der Waals surface area contributed by atoms with Gasteiger partial charge in [-0.1, -0.05) is 23.6 Å². The molecule has 0 spiro atoms. The Hall–Kier alpha value is -6.19. The van der Waals surface area contributed by atoms with Gasteiger partial charge in [-0.05, 0) is 86.6 Å². The smallest absolute Gasteiger partial charge is 0.319 e. The molecule has 5 aromatic rings. The summed E-state index contributed by atoms with van der Waals surface area (Å²) in [6.45, 7) is 9.58. The summed E-state index contributed by atoms with van der Waals surface area (Å²) in [5.74, 6) is 1.07. The van der Waals surface area contributed by atoms with Crippen LogP contribution in [0.3, 0.4) is 0 Å². The molecule has 6 fully saturated rings. The highest BCUT2D eigenvalue weighted by molar-refractivity contribution is 6.35.